The summed E-state index contributed by atoms with van der Waals surface area (Å²) in [4.78, 5) is 11.3. The summed E-state index contributed by atoms with van der Waals surface area (Å²) in [6.45, 7) is 4.56. The number of nitrogens with zero attached hydrogens (tertiary/aromatic N) is 1. The first-order valence-electron chi connectivity index (χ1n) is 4.33. The van der Waals surface area contributed by atoms with Gasteiger partial charge in [-0.25, -0.2) is 4.79 Å². The molecule has 13 heavy (non-hydrogen) atoms. The molecule has 0 amide bonds. The molecule has 0 atom stereocenters. The molecule has 0 bridgehead atoms. The van der Waals surface area contributed by atoms with Crippen LogP contribution in [-0.2, 0) is 6.54 Å². The van der Waals surface area contributed by atoms with Crippen LogP contribution in [0.4, 0.5) is 0 Å². The number of benzene rings is 1. The summed E-state index contributed by atoms with van der Waals surface area (Å²) in [5.41, 5.74) is 2.66. The third-order valence-electron chi connectivity index (χ3n) is 2.20. The van der Waals surface area contributed by atoms with Crippen LogP contribution in [0.25, 0.3) is 11.1 Å². The van der Waals surface area contributed by atoms with Crippen LogP contribution in [0, 0.1) is 6.92 Å². The Labute approximate surface area is 75.6 Å². The van der Waals surface area contributed by atoms with Crippen molar-refractivity contribution in [2.45, 2.75) is 20.4 Å². The van der Waals surface area contributed by atoms with E-state index in [0.29, 0.717) is 12.1 Å². The molecular formula is C10H11NO2. The lowest BCUT2D eigenvalue weighted by Gasteiger charge is -1.98. The lowest BCUT2D eigenvalue weighted by molar-refractivity contribution is 0.513. The predicted molar refractivity (Wildman–Crippen MR) is 50.9 cm³/mol. The molecule has 3 heteroatoms. The van der Waals surface area contributed by atoms with E-state index in [0.717, 1.165) is 11.1 Å². The van der Waals surface area contributed by atoms with Crippen molar-refractivity contribution in [2.24, 2.45) is 0 Å². The maximum Gasteiger partial charge on any atom is 0.419 e. The minimum Gasteiger partial charge on any atom is -0.408 e. The van der Waals surface area contributed by atoms with Crippen LogP contribution in [0.1, 0.15) is 12.5 Å². The molecule has 0 unspecified atom stereocenters. The SMILES string of the molecule is CCn1c(=O)oc2cccc(C)c21. The van der Waals surface area contributed by atoms with Gasteiger partial charge in [0.1, 0.15) is 0 Å². The highest BCUT2D eigenvalue weighted by atomic mass is 16.4. The third-order valence-corrected chi connectivity index (χ3v) is 2.20. The second-order valence-electron chi connectivity index (χ2n) is 3.03. The van der Waals surface area contributed by atoms with Gasteiger partial charge in [-0.2, -0.15) is 0 Å². The molecule has 3 nitrogen and oxygen atoms in total. The van der Waals surface area contributed by atoms with Crippen LogP contribution >= 0.6 is 0 Å². The van der Waals surface area contributed by atoms with Crippen molar-refractivity contribution in [3.8, 4) is 0 Å². The second-order valence-corrected chi connectivity index (χ2v) is 3.03. The van der Waals surface area contributed by atoms with E-state index >= 15 is 0 Å². The molecule has 2 rings (SSSR count). The van der Waals surface area contributed by atoms with Crippen LogP contribution < -0.4 is 5.76 Å². The molecule has 0 N–H and O–H groups in total. The van der Waals surface area contributed by atoms with E-state index in [-0.39, 0.29) is 5.76 Å². The topological polar surface area (TPSA) is 35.1 Å². The van der Waals surface area contributed by atoms with Crippen LogP contribution in [0.5, 0.6) is 0 Å². The van der Waals surface area contributed by atoms with Gasteiger partial charge in [0.15, 0.2) is 5.58 Å². The molecule has 0 saturated carbocycles. The van der Waals surface area contributed by atoms with Crippen molar-refractivity contribution in [1.29, 1.82) is 0 Å². The molecule has 0 aliphatic carbocycles. The fourth-order valence-corrected chi connectivity index (χ4v) is 1.59. The Hall–Kier alpha value is -1.51. The highest BCUT2D eigenvalue weighted by Crippen LogP contribution is 2.16. The van der Waals surface area contributed by atoms with Crippen LogP contribution in [0.2, 0.25) is 0 Å². The van der Waals surface area contributed by atoms with E-state index in [2.05, 4.69) is 0 Å². The number of aryl methyl sites for hydroxylation is 2. The van der Waals surface area contributed by atoms with Gasteiger partial charge in [-0.1, -0.05) is 12.1 Å². The minimum atomic E-state index is -0.271. The van der Waals surface area contributed by atoms with Gasteiger partial charge in [0, 0.05) is 6.54 Å². The van der Waals surface area contributed by atoms with Crippen molar-refractivity contribution in [1.82, 2.24) is 4.57 Å². The van der Waals surface area contributed by atoms with Crippen LogP contribution in [0.15, 0.2) is 27.4 Å². The number of aromatic nitrogens is 1. The maximum atomic E-state index is 11.3. The van der Waals surface area contributed by atoms with Crippen molar-refractivity contribution < 1.29 is 4.42 Å². The number of oxazole rings is 1. The Morgan fingerprint density at radius 2 is 2.23 bits per heavy atom. The van der Waals surface area contributed by atoms with Crippen molar-refractivity contribution in [2.75, 3.05) is 0 Å². The first-order chi connectivity index (χ1) is 6.24. The lowest BCUT2D eigenvalue weighted by Crippen LogP contribution is -2.12. The van der Waals surface area contributed by atoms with E-state index < -0.39 is 0 Å². The molecule has 0 aliphatic rings. The zero-order valence-electron chi connectivity index (χ0n) is 7.70. The van der Waals surface area contributed by atoms with Crippen molar-refractivity contribution in [3.63, 3.8) is 0 Å². The standard InChI is InChI=1S/C10H11NO2/c1-3-11-9-7(2)5-4-6-8(9)13-10(11)12/h4-6H,3H2,1-2H3. The van der Waals surface area contributed by atoms with Crippen LogP contribution in [0.3, 0.4) is 0 Å². The number of para-hydroxylation sites is 1. The zero-order chi connectivity index (χ0) is 9.42. The molecule has 68 valence electrons. The summed E-state index contributed by atoms with van der Waals surface area (Å²) in [5, 5.41) is 0. The van der Waals surface area contributed by atoms with Gasteiger partial charge in [-0.05, 0) is 25.5 Å². The first-order valence-corrected chi connectivity index (χ1v) is 4.33. The van der Waals surface area contributed by atoms with E-state index in [1.165, 1.54) is 0 Å². The highest BCUT2D eigenvalue weighted by Gasteiger charge is 2.08. The van der Waals surface area contributed by atoms with Gasteiger partial charge in [0.2, 0.25) is 0 Å². The number of hydrogen-bond donors (Lipinski definition) is 0. The van der Waals surface area contributed by atoms with Gasteiger partial charge in [0.25, 0.3) is 0 Å². The molecule has 0 radical (unpaired) electrons. The molecule has 1 aromatic heterocycles. The summed E-state index contributed by atoms with van der Waals surface area (Å²) in [6.07, 6.45) is 0. The van der Waals surface area contributed by atoms with Gasteiger partial charge in [0.05, 0.1) is 5.52 Å². The zero-order valence-corrected chi connectivity index (χ0v) is 7.70. The highest BCUT2D eigenvalue weighted by molar-refractivity contribution is 5.76. The predicted octanol–water partition coefficient (Wildman–Crippen LogP) is 1.92. The van der Waals surface area contributed by atoms with Gasteiger partial charge >= 0.3 is 5.76 Å². The van der Waals surface area contributed by atoms with Crippen molar-refractivity contribution >= 4 is 11.1 Å². The number of rotatable bonds is 1. The lowest BCUT2D eigenvalue weighted by atomic mass is 10.2. The largest absolute Gasteiger partial charge is 0.419 e. The molecule has 1 heterocycles. The summed E-state index contributed by atoms with van der Waals surface area (Å²) in [6, 6.07) is 5.68. The van der Waals surface area contributed by atoms with E-state index in [1.807, 2.05) is 32.0 Å². The van der Waals surface area contributed by atoms with Crippen LogP contribution in [-0.4, -0.2) is 4.57 Å². The Balaban J connectivity index is 2.96. The molecule has 0 saturated heterocycles. The summed E-state index contributed by atoms with van der Waals surface area (Å²) in [5.74, 6) is -0.271. The normalized spacial score (nSPS) is 10.9. The third kappa shape index (κ3) is 1.08. The summed E-state index contributed by atoms with van der Waals surface area (Å²) in [7, 11) is 0. The smallest absolute Gasteiger partial charge is 0.408 e. The van der Waals surface area contributed by atoms with E-state index in [4.69, 9.17) is 4.42 Å². The molecule has 0 spiro atoms. The molecule has 0 aliphatic heterocycles. The molecule has 1 aromatic carbocycles. The van der Waals surface area contributed by atoms with Crippen molar-refractivity contribution in [3.05, 3.63) is 34.3 Å². The van der Waals surface area contributed by atoms with Gasteiger partial charge in [-0.15, -0.1) is 0 Å². The first kappa shape index (κ1) is 8.10. The molecule has 0 fully saturated rings. The Bertz CT molecular complexity index is 493. The fourth-order valence-electron chi connectivity index (χ4n) is 1.59. The number of fused-ring (bicyclic) bond motifs is 1. The average Bonchev–Trinajstić information content (AvgIpc) is 2.42. The molecule has 2 aromatic rings. The Kier molecular flexibility index (Phi) is 1.72. The maximum absolute atomic E-state index is 11.3. The molecular weight excluding hydrogens is 166 g/mol. The average molecular weight is 177 g/mol. The van der Waals surface area contributed by atoms with Gasteiger partial charge in [-0.3, -0.25) is 4.57 Å². The minimum absolute atomic E-state index is 0.271. The number of hydrogen-bond acceptors (Lipinski definition) is 2. The van der Waals surface area contributed by atoms with Gasteiger partial charge < -0.3 is 4.42 Å². The van der Waals surface area contributed by atoms with E-state index in [9.17, 15) is 4.79 Å². The summed E-state index contributed by atoms with van der Waals surface area (Å²) < 4.78 is 6.72. The monoisotopic (exact) mass is 177 g/mol. The fraction of sp³-hybridized carbons (Fsp3) is 0.300. The Morgan fingerprint density at radius 3 is 2.92 bits per heavy atom. The second kappa shape index (κ2) is 2.76. The quantitative estimate of drug-likeness (QED) is 0.667. The summed E-state index contributed by atoms with van der Waals surface area (Å²) >= 11 is 0. The Morgan fingerprint density at radius 1 is 1.46 bits per heavy atom. The van der Waals surface area contributed by atoms with E-state index in [1.54, 1.807) is 4.57 Å².